The highest BCUT2D eigenvalue weighted by atomic mass is 35.5. The van der Waals surface area contributed by atoms with Gasteiger partial charge >= 0.3 is 5.97 Å². The van der Waals surface area contributed by atoms with Gasteiger partial charge in [0.1, 0.15) is 17.6 Å². The van der Waals surface area contributed by atoms with Gasteiger partial charge in [-0.1, -0.05) is 29.8 Å². The number of benzene rings is 1. The van der Waals surface area contributed by atoms with Crippen LogP contribution in [0.25, 0.3) is 0 Å². The van der Waals surface area contributed by atoms with E-state index in [-0.39, 0.29) is 22.9 Å². The molecule has 0 saturated heterocycles. The fourth-order valence-corrected chi connectivity index (χ4v) is 3.50. The highest BCUT2D eigenvalue weighted by Crippen LogP contribution is 2.20. The van der Waals surface area contributed by atoms with Crippen LogP contribution in [0.4, 0.5) is 5.82 Å². The third-order valence-corrected chi connectivity index (χ3v) is 5.17. The maximum absolute atomic E-state index is 12.6. The Hall–Kier alpha value is -3.39. The van der Waals surface area contributed by atoms with Gasteiger partial charge in [0.2, 0.25) is 0 Å². The maximum atomic E-state index is 12.6. The summed E-state index contributed by atoms with van der Waals surface area (Å²) < 4.78 is 5.68. The van der Waals surface area contributed by atoms with Crippen LogP contribution in [-0.4, -0.2) is 39.5 Å². The van der Waals surface area contributed by atoms with Gasteiger partial charge in [-0.25, -0.2) is 14.8 Å². The Bertz CT molecular complexity index is 1030. The molecule has 0 unspecified atom stereocenters. The average molecular weight is 457 g/mol. The molecule has 1 atom stereocenters. The van der Waals surface area contributed by atoms with Crippen molar-refractivity contribution in [1.82, 2.24) is 15.3 Å². The van der Waals surface area contributed by atoms with Crippen molar-refractivity contribution in [3.8, 4) is 0 Å². The van der Waals surface area contributed by atoms with Crippen molar-refractivity contribution in [2.75, 3.05) is 11.9 Å². The van der Waals surface area contributed by atoms with Crippen molar-refractivity contribution < 1.29 is 19.1 Å². The Balaban J connectivity index is 1.49. The Morgan fingerprint density at radius 2 is 2.00 bits per heavy atom. The first-order chi connectivity index (χ1) is 15.4. The van der Waals surface area contributed by atoms with E-state index in [0.29, 0.717) is 17.7 Å². The second-order valence-corrected chi connectivity index (χ2v) is 7.73. The number of oxazole rings is 1. The van der Waals surface area contributed by atoms with Gasteiger partial charge in [-0.05, 0) is 43.5 Å². The second kappa shape index (κ2) is 11.3. The predicted octanol–water partition coefficient (Wildman–Crippen LogP) is 3.89. The number of aryl methyl sites for hydroxylation is 2. The summed E-state index contributed by atoms with van der Waals surface area (Å²) in [5, 5.41) is 15.6. The molecule has 2 aromatic heterocycles. The Morgan fingerprint density at radius 3 is 2.72 bits per heavy atom. The Kier molecular flexibility index (Phi) is 8.21. The van der Waals surface area contributed by atoms with Crippen molar-refractivity contribution >= 4 is 29.3 Å². The number of rotatable bonds is 11. The molecule has 0 aliphatic heterocycles. The van der Waals surface area contributed by atoms with Gasteiger partial charge in [0.15, 0.2) is 5.89 Å². The number of anilines is 1. The number of carbonyl (C=O) groups is 2. The number of hydrogen-bond acceptors (Lipinski definition) is 6. The lowest BCUT2D eigenvalue weighted by molar-refractivity contribution is -0.139. The highest BCUT2D eigenvalue weighted by Gasteiger charge is 2.25. The van der Waals surface area contributed by atoms with Crippen LogP contribution in [0.2, 0.25) is 5.02 Å². The summed E-state index contributed by atoms with van der Waals surface area (Å²) in [6.45, 7) is 2.52. The number of hydrogen-bond donors (Lipinski definition) is 3. The minimum absolute atomic E-state index is 0.0637. The van der Waals surface area contributed by atoms with Crippen LogP contribution in [0.15, 0.2) is 53.2 Å². The van der Waals surface area contributed by atoms with Gasteiger partial charge in [0, 0.05) is 19.2 Å². The normalized spacial score (nSPS) is 11.7. The zero-order chi connectivity index (χ0) is 22.9. The van der Waals surface area contributed by atoms with E-state index in [1.807, 2.05) is 18.2 Å². The van der Waals surface area contributed by atoms with Crippen LogP contribution in [-0.2, 0) is 17.6 Å². The number of carbonyl (C=O) groups excluding carboxylic acids is 1. The summed E-state index contributed by atoms with van der Waals surface area (Å²) in [5.74, 6) is 0.0460. The second-order valence-electron chi connectivity index (χ2n) is 7.32. The number of halogens is 1. The molecular weight excluding hydrogens is 432 g/mol. The van der Waals surface area contributed by atoms with E-state index < -0.39 is 17.9 Å². The van der Waals surface area contributed by atoms with Crippen molar-refractivity contribution in [2.45, 2.75) is 38.6 Å². The largest absolute Gasteiger partial charge is 0.480 e. The summed E-state index contributed by atoms with van der Waals surface area (Å²) in [6, 6.07) is 9.57. The lowest BCUT2D eigenvalue weighted by Gasteiger charge is -2.14. The van der Waals surface area contributed by atoms with Crippen LogP contribution in [0, 0.1) is 6.92 Å². The van der Waals surface area contributed by atoms with E-state index in [1.54, 1.807) is 37.5 Å². The Labute approximate surface area is 191 Å². The van der Waals surface area contributed by atoms with Crippen molar-refractivity contribution in [3.63, 3.8) is 0 Å². The van der Waals surface area contributed by atoms with Crippen LogP contribution >= 0.6 is 11.6 Å². The van der Waals surface area contributed by atoms with E-state index in [4.69, 9.17) is 16.0 Å². The molecule has 0 saturated carbocycles. The highest BCUT2D eigenvalue weighted by molar-refractivity contribution is 6.34. The molecule has 3 N–H and O–H groups in total. The van der Waals surface area contributed by atoms with Gasteiger partial charge in [-0.15, -0.1) is 0 Å². The molecule has 0 bridgehead atoms. The molecule has 8 nitrogen and oxygen atoms in total. The first kappa shape index (κ1) is 23.3. The standard InChI is InChI=1S/C23H25ClN4O4/c1-15-7-6-9-17(24)21(15)22(29)28-18(23(30)31)13-20-27-14-16(32-20)8-2-4-11-25-19-10-3-5-12-26-19/h3,5-7,9-10,12,14,18H,2,4,8,11,13H2,1H3,(H,25,26)(H,28,29)(H,30,31)/t18-/m0/s1. The van der Waals surface area contributed by atoms with Gasteiger partial charge in [-0.3, -0.25) is 4.79 Å². The van der Waals surface area contributed by atoms with Gasteiger partial charge in [-0.2, -0.15) is 0 Å². The third kappa shape index (κ3) is 6.55. The minimum Gasteiger partial charge on any atom is -0.480 e. The molecule has 1 amide bonds. The molecule has 0 spiro atoms. The summed E-state index contributed by atoms with van der Waals surface area (Å²) >= 11 is 6.11. The summed E-state index contributed by atoms with van der Waals surface area (Å²) in [6.07, 6.45) is 5.74. The number of nitrogens with zero attached hydrogens (tertiary/aromatic N) is 2. The number of carboxylic acid groups (broad SMARTS) is 1. The molecule has 0 fully saturated rings. The lowest BCUT2D eigenvalue weighted by atomic mass is 10.1. The first-order valence-corrected chi connectivity index (χ1v) is 10.7. The third-order valence-electron chi connectivity index (χ3n) is 4.85. The molecule has 0 aliphatic carbocycles. The van der Waals surface area contributed by atoms with E-state index in [1.165, 1.54) is 0 Å². The molecule has 9 heteroatoms. The fraction of sp³-hybridized carbons (Fsp3) is 0.304. The number of amides is 1. The lowest BCUT2D eigenvalue weighted by Crippen LogP contribution is -2.42. The molecule has 2 heterocycles. The molecule has 3 aromatic rings. The number of pyridine rings is 1. The molecule has 0 aliphatic rings. The molecular formula is C23H25ClN4O4. The molecule has 1 aromatic carbocycles. The SMILES string of the molecule is Cc1cccc(Cl)c1C(=O)N[C@@H](Cc1ncc(CCCCNc2ccccn2)o1)C(=O)O. The van der Waals surface area contributed by atoms with Gasteiger partial charge in [0.25, 0.3) is 5.91 Å². The van der Waals surface area contributed by atoms with E-state index in [9.17, 15) is 14.7 Å². The van der Waals surface area contributed by atoms with E-state index >= 15 is 0 Å². The van der Waals surface area contributed by atoms with E-state index in [2.05, 4.69) is 20.6 Å². The number of aliphatic carboxylic acids is 1. The minimum atomic E-state index is -1.19. The van der Waals surface area contributed by atoms with Crippen molar-refractivity contribution in [3.05, 3.63) is 76.6 Å². The zero-order valence-electron chi connectivity index (χ0n) is 17.7. The number of unbranched alkanes of at least 4 members (excludes halogenated alkanes) is 1. The molecule has 168 valence electrons. The van der Waals surface area contributed by atoms with Gasteiger partial charge in [0.05, 0.1) is 23.2 Å². The number of nitrogens with one attached hydrogen (secondary N) is 2. The fourth-order valence-electron chi connectivity index (χ4n) is 3.19. The zero-order valence-corrected chi connectivity index (χ0v) is 18.4. The summed E-state index contributed by atoms with van der Waals surface area (Å²) in [4.78, 5) is 32.6. The number of carboxylic acids is 1. The van der Waals surface area contributed by atoms with Crippen LogP contribution in [0.1, 0.15) is 40.4 Å². The average Bonchev–Trinajstić information content (AvgIpc) is 3.21. The van der Waals surface area contributed by atoms with Crippen molar-refractivity contribution in [1.29, 1.82) is 0 Å². The smallest absolute Gasteiger partial charge is 0.326 e. The molecule has 0 radical (unpaired) electrons. The van der Waals surface area contributed by atoms with Crippen LogP contribution < -0.4 is 10.6 Å². The van der Waals surface area contributed by atoms with Crippen LogP contribution in [0.5, 0.6) is 0 Å². The topological polar surface area (TPSA) is 117 Å². The molecule has 3 rings (SSSR count). The van der Waals surface area contributed by atoms with E-state index in [0.717, 1.165) is 25.2 Å². The molecule has 32 heavy (non-hydrogen) atoms. The summed E-state index contributed by atoms with van der Waals surface area (Å²) in [7, 11) is 0. The van der Waals surface area contributed by atoms with Gasteiger partial charge < -0.3 is 20.2 Å². The quantitative estimate of drug-likeness (QED) is 0.374. The predicted molar refractivity (Wildman–Crippen MR) is 121 cm³/mol. The maximum Gasteiger partial charge on any atom is 0.326 e. The van der Waals surface area contributed by atoms with Crippen LogP contribution in [0.3, 0.4) is 0 Å². The Morgan fingerprint density at radius 1 is 1.16 bits per heavy atom. The first-order valence-electron chi connectivity index (χ1n) is 10.3. The summed E-state index contributed by atoms with van der Waals surface area (Å²) in [5.41, 5.74) is 0.919. The monoisotopic (exact) mass is 456 g/mol. The number of aromatic nitrogens is 2. The van der Waals surface area contributed by atoms with Crippen molar-refractivity contribution in [2.24, 2.45) is 0 Å².